The van der Waals surface area contributed by atoms with E-state index in [9.17, 15) is 9.90 Å². The Hall–Kier alpha value is -1.89. The van der Waals surface area contributed by atoms with Crippen molar-refractivity contribution in [3.63, 3.8) is 0 Å². The number of aromatic nitrogens is 2. The topological polar surface area (TPSA) is 81.6 Å². The van der Waals surface area contributed by atoms with E-state index in [2.05, 4.69) is 33.2 Å². The highest BCUT2D eigenvalue weighted by atomic mass is 16.3. The monoisotopic (exact) mass is 333 g/mol. The normalized spacial score (nSPS) is 22.0. The number of aliphatic hydroxyl groups excluding tert-OH is 1. The summed E-state index contributed by atoms with van der Waals surface area (Å²) in [4.78, 5) is 25.0. The number of urea groups is 1. The molecule has 2 N–H and O–H groups in total. The highest BCUT2D eigenvalue weighted by molar-refractivity contribution is 5.75. The van der Waals surface area contributed by atoms with E-state index in [1.54, 1.807) is 11.2 Å². The van der Waals surface area contributed by atoms with Crippen molar-refractivity contribution in [1.29, 1.82) is 0 Å². The molecule has 0 aromatic carbocycles. The Morgan fingerprint density at radius 1 is 1.29 bits per heavy atom. The molecule has 0 bridgehead atoms. The number of carbonyl (C=O) groups is 1. The molecule has 3 rings (SSSR count). The van der Waals surface area contributed by atoms with Gasteiger partial charge < -0.3 is 20.2 Å². The van der Waals surface area contributed by atoms with Gasteiger partial charge in [0, 0.05) is 37.4 Å². The molecular formula is C17H27N5O2. The molecular weight excluding hydrogens is 306 g/mol. The lowest BCUT2D eigenvalue weighted by atomic mass is 10.1. The lowest BCUT2D eigenvalue weighted by molar-refractivity contribution is 0.153. The fourth-order valence-electron chi connectivity index (χ4n) is 3.56. The Morgan fingerprint density at radius 3 is 2.79 bits per heavy atom. The molecule has 0 saturated carbocycles. The Morgan fingerprint density at radius 2 is 2.08 bits per heavy atom. The number of rotatable bonds is 4. The van der Waals surface area contributed by atoms with E-state index in [4.69, 9.17) is 0 Å². The lowest BCUT2D eigenvalue weighted by Crippen LogP contribution is -2.51. The molecule has 1 atom stereocenters. The van der Waals surface area contributed by atoms with E-state index in [1.165, 1.54) is 0 Å². The molecule has 24 heavy (non-hydrogen) atoms. The Kier molecular flexibility index (Phi) is 5.50. The van der Waals surface area contributed by atoms with E-state index < -0.39 is 0 Å². The zero-order chi connectivity index (χ0) is 16.9. The minimum Gasteiger partial charge on any atom is -0.394 e. The average Bonchev–Trinajstić information content (AvgIpc) is 3.11. The van der Waals surface area contributed by atoms with Crippen LogP contribution in [-0.2, 0) is 6.42 Å². The van der Waals surface area contributed by atoms with Crippen molar-refractivity contribution in [2.75, 3.05) is 31.1 Å². The van der Waals surface area contributed by atoms with E-state index in [1.807, 2.05) is 0 Å². The summed E-state index contributed by atoms with van der Waals surface area (Å²) in [5.41, 5.74) is 1.06. The van der Waals surface area contributed by atoms with Crippen LogP contribution in [0.3, 0.4) is 0 Å². The van der Waals surface area contributed by atoms with Crippen molar-refractivity contribution < 1.29 is 9.90 Å². The maximum Gasteiger partial charge on any atom is 0.317 e. The van der Waals surface area contributed by atoms with Gasteiger partial charge in [-0.3, -0.25) is 0 Å². The molecule has 3 heterocycles. The minimum atomic E-state index is -0.0275. The van der Waals surface area contributed by atoms with Crippen LogP contribution in [-0.4, -0.2) is 64.3 Å². The molecule has 0 aliphatic carbocycles. The average molecular weight is 333 g/mol. The first-order chi connectivity index (χ1) is 11.7. The predicted molar refractivity (Wildman–Crippen MR) is 92.0 cm³/mol. The van der Waals surface area contributed by atoms with Crippen LogP contribution in [0.1, 0.15) is 38.3 Å². The van der Waals surface area contributed by atoms with Gasteiger partial charge in [0.2, 0.25) is 0 Å². The lowest BCUT2D eigenvalue weighted by Gasteiger charge is -2.34. The van der Waals surface area contributed by atoms with Crippen LogP contribution < -0.4 is 10.2 Å². The van der Waals surface area contributed by atoms with Crippen molar-refractivity contribution in [2.45, 2.75) is 51.1 Å². The summed E-state index contributed by atoms with van der Waals surface area (Å²) in [6, 6.07) is 2.20. The summed E-state index contributed by atoms with van der Waals surface area (Å²) in [5.74, 6) is 0.978. The van der Waals surface area contributed by atoms with Crippen molar-refractivity contribution in [2.24, 2.45) is 0 Å². The Balaban J connectivity index is 1.50. The van der Waals surface area contributed by atoms with Crippen molar-refractivity contribution in [1.82, 2.24) is 20.2 Å². The van der Waals surface area contributed by atoms with Crippen LogP contribution in [0, 0.1) is 0 Å². The third-order valence-corrected chi connectivity index (χ3v) is 5.07. The van der Waals surface area contributed by atoms with Gasteiger partial charge in [-0.15, -0.1) is 0 Å². The number of amides is 2. The highest BCUT2D eigenvalue weighted by Gasteiger charge is 2.30. The number of carbonyl (C=O) groups excluding carboxylic acids is 1. The molecule has 1 aromatic heterocycles. The van der Waals surface area contributed by atoms with Gasteiger partial charge in [-0.2, -0.15) is 0 Å². The summed E-state index contributed by atoms with van der Waals surface area (Å²) in [6.07, 6.45) is 6.23. The van der Waals surface area contributed by atoms with Gasteiger partial charge in [0.15, 0.2) is 0 Å². The van der Waals surface area contributed by atoms with Crippen molar-refractivity contribution in [3.8, 4) is 0 Å². The fraction of sp³-hybridized carbons (Fsp3) is 0.706. The number of piperidine rings is 1. The van der Waals surface area contributed by atoms with E-state index in [0.717, 1.165) is 63.3 Å². The number of aliphatic hydroxyl groups is 1. The number of nitrogens with one attached hydrogen (secondary N) is 1. The van der Waals surface area contributed by atoms with Gasteiger partial charge >= 0.3 is 6.03 Å². The first-order valence-corrected chi connectivity index (χ1v) is 8.95. The molecule has 0 radical (unpaired) electrons. The van der Waals surface area contributed by atoms with Gasteiger partial charge in [-0.1, -0.05) is 6.92 Å². The number of nitrogens with zero attached hydrogens (tertiary/aromatic N) is 4. The van der Waals surface area contributed by atoms with Gasteiger partial charge in [0.05, 0.1) is 12.6 Å². The predicted octanol–water partition coefficient (Wildman–Crippen LogP) is 1.17. The van der Waals surface area contributed by atoms with Crippen LogP contribution in [0.25, 0.3) is 0 Å². The van der Waals surface area contributed by atoms with Crippen molar-refractivity contribution >= 4 is 11.8 Å². The number of hydrogen-bond donors (Lipinski definition) is 2. The first kappa shape index (κ1) is 17.0. The number of aryl methyl sites for hydroxylation is 1. The molecule has 1 unspecified atom stereocenters. The second-order valence-electron chi connectivity index (χ2n) is 6.60. The number of likely N-dealkylation sites (tertiary alicyclic amines) is 1. The van der Waals surface area contributed by atoms with Crippen LogP contribution >= 0.6 is 0 Å². The van der Waals surface area contributed by atoms with Crippen LogP contribution in [0.2, 0.25) is 0 Å². The molecule has 2 fully saturated rings. The highest BCUT2D eigenvalue weighted by Crippen LogP contribution is 2.20. The number of hydrogen-bond acceptors (Lipinski definition) is 5. The van der Waals surface area contributed by atoms with E-state index >= 15 is 0 Å². The molecule has 2 aliphatic heterocycles. The summed E-state index contributed by atoms with van der Waals surface area (Å²) < 4.78 is 0. The van der Waals surface area contributed by atoms with E-state index in [0.29, 0.717) is 0 Å². The third-order valence-electron chi connectivity index (χ3n) is 5.07. The molecule has 7 nitrogen and oxygen atoms in total. The maximum atomic E-state index is 12.4. The van der Waals surface area contributed by atoms with Crippen LogP contribution in [0.4, 0.5) is 10.6 Å². The SMILES string of the molecule is CCc1cc(N2CCC(NC(=O)N3CCCC3CO)CC2)ncn1. The van der Waals surface area contributed by atoms with Crippen molar-refractivity contribution in [3.05, 3.63) is 18.1 Å². The minimum absolute atomic E-state index is 0.0152. The smallest absolute Gasteiger partial charge is 0.317 e. The molecule has 0 spiro atoms. The third kappa shape index (κ3) is 3.77. The number of anilines is 1. The molecule has 2 amide bonds. The summed E-state index contributed by atoms with van der Waals surface area (Å²) in [6.45, 7) is 4.66. The Labute approximate surface area is 143 Å². The quantitative estimate of drug-likeness (QED) is 0.864. The van der Waals surface area contributed by atoms with Crippen LogP contribution in [0.15, 0.2) is 12.4 Å². The van der Waals surface area contributed by atoms with E-state index in [-0.39, 0.29) is 24.7 Å². The molecule has 132 valence electrons. The fourth-order valence-corrected chi connectivity index (χ4v) is 3.56. The largest absolute Gasteiger partial charge is 0.394 e. The van der Waals surface area contributed by atoms with Gasteiger partial charge in [-0.05, 0) is 32.1 Å². The van der Waals surface area contributed by atoms with Crippen LogP contribution in [0.5, 0.6) is 0 Å². The summed E-state index contributed by atoms with van der Waals surface area (Å²) in [5, 5.41) is 12.5. The zero-order valence-corrected chi connectivity index (χ0v) is 14.3. The summed E-state index contributed by atoms with van der Waals surface area (Å²) in [7, 11) is 0. The zero-order valence-electron chi connectivity index (χ0n) is 14.3. The molecule has 1 aromatic rings. The Bertz CT molecular complexity index is 560. The second-order valence-corrected chi connectivity index (χ2v) is 6.60. The maximum absolute atomic E-state index is 12.4. The second kappa shape index (κ2) is 7.79. The summed E-state index contributed by atoms with van der Waals surface area (Å²) >= 11 is 0. The van der Waals surface area contributed by atoms with Gasteiger partial charge in [0.1, 0.15) is 12.1 Å². The van der Waals surface area contributed by atoms with Gasteiger partial charge in [0.25, 0.3) is 0 Å². The van der Waals surface area contributed by atoms with Gasteiger partial charge in [-0.25, -0.2) is 14.8 Å². The molecule has 2 aliphatic rings. The molecule has 7 heteroatoms. The first-order valence-electron chi connectivity index (χ1n) is 8.95. The molecule has 2 saturated heterocycles. The standard InChI is InChI=1S/C17H27N5O2/c1-2-13-10-16(19-12-18-13)21-8-5-14(6-9-21)20-17(24)22-7-3-4-15(22)11-23/h10,12,14-15,23H,2-9,11H2,1H3,(H,20,24).